The topological polar surface area (TPSA) is 71.3 Å². The Morgan fingerprint density at radius 3 is 2.73 bits per heavy atom. The zero-order chi connectivity index (χ0) is 18.4. The van der Waals surface area contributed by atoms with Crippen molar-refractivity contribution in [1.29, 1.82) is 0 Å². The van der Waals surface area contributed by atoms with Crippen LogP contribution in [0.3, 0.4) is 0 Å². The summed E-state index contributed by atoms with van der Waals surface area (Å²) in [6, 6.07) is 7.84. The summed E-state index contributed by atoms with van der Waals surface area (Å²) >= 11 is 3.42. The Morgan fingerprint density at radius 1 is 1.31 bits per heavy atom. The molecule has 1 aromatic heterocycles. The number of carbonyl (C=O) groups is 1. The minimum absolute atomic E-state index is 0.129. The molecule has 140 valence electrons. The van der Waals surface area contributed by atoms with E-state index in [1.807, 2.05) is 24.3 Å². The fourth-order valence-electron chi connectivity index (χ4n) is 3.11. The minimum Gasteiger partial charge on any atom is -0.356 e. The maximum Gasteiger partial charge on any atom is 0.241 e. The largest absolute Gasteiger partial charge is 0.356 e. The third kappa shape index (κ3) is 5.14. The van der Waals surface area contributed by atoms with Gasteiger partial charge >= 0.3 is 0 Å². The van der Waals surface area contributed by atoms with Crippen LogP contribution in [0.5, 0.6) is 0 Å². The number of likely N-dealkylation sites (tertiary alicyclic amines) is 1. The summed E-state index contributed by atoms with van der Waals surface area (Å²) in [6.45, 7) is 5.30. The molecule has 0 atom stereocenters. The molecule has 0 bridgehead atoms. The Morgan fingerprint density at radius 2 is 2.04 bits per heavy atom. The average Bonchev–Trinajstić information content (AvgIpc) is 3.11. The quantitative estimate of drug-likeness (QED) is 0.692. The number of hydrogen-bond donors (Lipinski definition) is 1. The van der Waals surface area contributed by atoms with Crippen LogP contribution in [-0.4, -0.2) is 40.6 Å². The molecular weight excluding hydrogens is 396 g/mol. The van der Waals surface area contributed by atoms with E-state index in [0.717, 1.165) is 55.4 Å². The van der Waals surface area contributed by atoms with Gasteiger partial charge in [0.25, 0.3) is 0 Å². The van der Waals surface area contributed by atoms with Gasteiger partial charge in [-0.2, -0.15) is 4.98 Å². The zero-order valence-electron chi connectivity index (χ0n) is 15.1. The van der Waals surface area contributed by atoms with Gasteiger partial charge in [-0.3, -0.25) is 9.69 Å². The van der Waals surface area contributed by atoms with Crippen molar-refractivity contribution in [3.63, 3.8) is 0 Å². The smallest absolute Gasteiger partial charge is 0.241 e. The molecule has 1 aromatic carbocycles. The highest BCUT2D eigenvalue weighted by atomic mass is 79.9. The molecule has 7 heteroatoms. The van der Waals surface area contributed by atoms with Gasteiger partial charge in [-0.25, -0.2) is 0 Å². The lowest BCUT2D eigenvalue weighted by Gasteiger charge is -2.30. The summed E-state index contributed by atoms with van der Waals surface area (Å²) in [5.41, 5.74) is 0.936. The molecule has 26 heavy (non-hydrogen) atoms. The summed E-state index contributed by atoms with van der Waals surface area (Å²) in [5.74, 6) is 1.56. The molecule has 0 radical (unpaired) electrons. The number of rotatable bonds is 7. The molecule has 0 unspecified atom stereocenters. The Balaban J connectivity index is 1.47. The molecular formula is C19H25BrN4O2. The maximum absolute atomic E-state index is 12.1. The third-order valence-corrected chi connectivity index (χ3v) is 5.25. The van der Waals surface area contributed by atoms with Gasteiger partial charge in [-0.15, -0.1) is 0 Å². The molecule has 3 rings (SSSR count). The van der Waals surface area contributed by atoms with Gasteiger partial charge in [-0.1, -0.05) is 34.4 Å². The first-order valence-corrected chi connectivity index (χ1v) is 10.0. The van der Waals surface area contributed by atoms with E-state index in [9.17, 15) is 4.79 Å². The average molecular weight is 421 g/mol. The maximum atomic E-state index is 12.1. The van der Waals surface area contributed by atoms with Crippen LogP contribution in [0.2, 0.25) is 0 Å². The molecule has 0 saturated carbocycles. The van der Waals surface area contributed by atoms with E-state index in [1.165, 1.54) is 0 Å². The van der Waals surface area contributed by atoms with Crippen LogP contribution in [0.1, 0.15) is 38.5 Å². The van der Waals surface area contributed by atoms with Gasteiger partial charge in [-0.05, 0) is 56.6 Å². The number of aromatic nitrogens is 2. The second kappa shape index (κ2) is 9.28. The predicted octanol–water partition coefficient (Wildman–Crippen LogP) is 3.63. The fraction of sp³-hybridized carbons (Fsp3) is 0.526. The fourth-order valence-corrected chi connectivity index (χ4v) is 3.38. The van der Waals surface area contributed by atoms with Crippen LogP contribution in [0.4, 0.5) is 0 Å². The summed E-state index contributed by atoms with van der Waals surface area (Å²) in [5, 5.41) is 7.12. The van der Waals surface area contributed by atoms with Crippen molar-refractivity contribution >= 4 is 21.8 Å². The first kappa shape index (κ1) is 19.0. The van der Waals surface area contributed by atoms with Gasteiger partial charge in [0.15, 0.2) is 0 Å². The molecule has 2 aromatic rings. The highest BCUT2D eigenvalue weighted by molar-refractivity contribution is 9.10. The molecule has 1 aliphatic heterocycles. The number of piperidine rings is 1. The van der Waals surface area contributed by atoms with Crippen LogP contribution >= 0.6 is 15.9 Å². The van der Waals surface area contributed by atoms with E-state index in [0.29, 0.717) is 18.3 Å². The Kier molecular flexibility index (Phi) is 6.80. The standard InChI is InChI=1S/C19H25BrN4O2/c1-2-3-10-21-19(25)15-8-11-24(12-9-15)13-17-22-18(23-26-17)14-4-6-16(20)7-5-14/h4-7,15H,2-3,8-13H2,1H3,(H,21,25). The molecule has 1 aliphatic rings. The molecule has 1 N–H and O–H groups in total. The summed E-state index contributed by atoms with van der Waals surface area (Å²) in [7, 11) is 0. The Bertz CT molecular complexity index is 709. The van der Waals surface area contributed by atoms with Crippen molar-refractivity contribution in [3.05, 3.63) is 34.6 Å². The third-order valence-electron chi connectivity index (χ3n) is 4.72. The summed E-state index contributed by atoms with van der Waals surface area (Å²) in [4.78, 5) is 18.9. The van der Waals surface area contributed by atoms with E-state index in [-0.39, 0.29) is 11.8 Å². The summed E-state index contributed by atoms with van der Waals surface area (Å²) < 4.78 is 6.42. The SMILES string of the molecule is CCCCNC(=O)C1CCN(Cc2nc(-c3ccc(Br)cc3)no2)CC1. The van der Waals surface area contributed by atoms with Crippen molar-refractivity contribution in [2.75, 3.05) is 19.6 Å². The van der Waals surface area contributed by atoms with Crippen LogP contribution in [0.25, 0.3) is 11.4 Å². The molecule has 1 amide bonds. The number of benzene rings is 1. The predicted molar refractivity (Wildman–Crippen MR) is 103 cm³/mol. The van der Waals surface area contributed by atoms with Crippen molar-refractivity contribution in [1.82, 2.24) is 20.4 Å². The number of hydrogen-bond acceptors (Lipinski definition) is 5. The number of amides is 1. The van der Waals surface area contributed by atoms with E-state index in [2.05, 4.69) is 43.2 Å². The van der Waals surface area contributed by atoms with Gasteiger partial charge in [0.05, 0.1) is 6.54 Å². The lowest BCUT2D eigenvalue weighted by Crippen LogP contribution is -2.40. The number of carbonyl (C=O) groups excluding carboxylic acids is 1. The highest BCUT2D eigenvalue weighted by Gasteiger charge is 2.25. The zero-order valence-corrected chi connectivity index (χ0v) is 16.7. The van der Waals surface area contributed by atoms with Crippen LogP contribution < -0.4 is 5.32 Å². The monoisotopic (exact) mass is 420 g/mol. The van der Waals surface area contributed by atoms with Crippen molar-refractivity contribution in [2.45, 2.75) is 39.2 Å². The number of halogens is 1. The molecule has 6 nitrogen and oxygen atoms in total. The molecule has 2 heterocycles. The van der Waals surface area contributed by atoms with Crippen LogP contribution in [0.15, 0.2) is 33.3 Å². The second-order valence-electron chi connectivity index (χ2n) is 6.71. The van der Waals surface area contributed by atoms with Crippen molar-refractivity contribution < 1.29 is 9.32 Å². The molecule has 1 fully saturated rings. The molecule has 1 saturated heterocycles. The second-order valence-corrected chi connectivity index (χ2v) is 7.63. The first-order valence-electron chi connectivity index (χ1n) is 9.24. The minimum atomic E-state index is 0.129. The van der Waals surface area contributed by atoms with Gasteiger partial charge in [0.2, 0.25) is 17.6 Å². The Hall–Kier alpha value is -1.73. The Labute approximate surface area is 162 Å². The van der Waals surface area contributed by atoms with Crippen LogP contribution in [0, 0.1) is 5.92 Å². The van der Waals surface area contributed by atoms with Crippen LogP contribution in [-0.2, 0) is 11.3 Å². The van der Waals surface area contributed by atoms with E-state index in [4.69, 9.17) is 4.52 Å². The van der Waals surface area contributed by atoms with Crippen molar-refractivity contribution in [3.8, 4) is 11.4 Å². The van der Waals surface area contributed by atoms with E-state index < -0.39 is 0 Å². The van der Waals surface area contributed by atoms with E-state index in [1.54, 1.807) is 0 Å². The number of nitrogens with one attached hydrogen (secondary N) is 1. The summed E-state index contributed by atoms with van der Waals surface area (Å²) in [6.07, 6.45) is 3.91. The van der Waals surface area contributed by atoms with Crippen molar-refractivity contribution in [2.24, 2.45) is 5.92 Å². The van der Waals surface area contributed by atoms with Gasteiger partial charge in [0, 0.05) is 22.5 Å². The lowest BCUT2D eigenvalue weighted by molar-refractivity contribution is -0.126. The molecule has 0 spiro atoms. The number of nitrogens with zero attached hydrogens (tertiary/aromatic N) is 3. The normalized spacial score (nSPS) is 15.9. The van der Waals surface area contributed by atoms with E-state index >= 15 is 0 Å². The molecule has 0 aliphatic carbocycles. The first-order chi connectivity index (χ1) is 12.7. The van der Waals surface area contributed by atoms with Gasteiger partial charge in [0.1, 0.15) is 0 Å². The van der Waals surface area contributed by atoms with Gasteiger partial charge < -0.3 is 9.84 Å². The highest BCUT2D eigenvalue weighted by Crippen LogP contribution is 2.21. The number of unbranched alkanes of at least 4 members (excludes halogenated alkanes) is 1. The lowest BCUT2D eigenvalue weighted by atomic mass is 9.96.